The van der Waals surface area contributed by atoms with Gasteiger partial charge in [0.1, 0.15) is 5.76 Å². The number of rotatable bonds is 0. The van der Waals surface area contributed by atoms with E-state index in [1.807, 2.05) is 0 Å². The first-order valence-corrected chi connectivity index (χ1v) is 4.59. The minimum absolute atomic E-state index is 0.0445. The minimum Gasteiger partial charge on any atom is -0.431 e. The molecule has 66 valence electrons. The lowest BCUT2D eigenvalue weighted by atomic mass is 9.75. The van der Waals surface area contributed by atoms with Gasteiger partial charge in [-0.05, 0) is 25.2 Å². The Labute approximate surface area is 72.6 Å². The van der Waals surface area contributed by atoms with Gasteiger partial charge in [-0.25, -0.2) is 0 Å². The van der Waals surface area contributed by atoms with E-state index in [9.17, 15) is 4.79 Å². The number of cyclic esters (lactones) is 1. The third kappa shape index (κ3) is 1.06. The quantitative estimate of drug-likeness (QED) is 0.515. The van der Waals surface area contributed by atoms with E-state index in [1.54, 1.807) is 0 Å². The second kappa shape index (κ2) is 2.61. The Morgan fingerprint density at radius 3 is 2.92 bits per heavy atom. The molecule has 2 rings (SSSR count). The van der Waals surface area contributed by atoms with Crippen LogP contribution in [0, 0.1) is 17.8 Å². The predicted molar refractivity (Wildman–Crippen MR) is 45.2 cm³/mol. The van der Waals surface area contributed by atoms with Crippen molar-refractivity contribution in [1.82, 2.24) is 0 Å². The smallest absolute Gasteiger partial charge is 0.314 e. The molecule has 1 aliphatic carbocycles. The molecule has 0 aromatic carbocycles. The van der Waals surface area contributed by atoms with Crippen LogP contribution in [0.5, 0.6) is 0 Å². The van der Waals surface area contributed by atoms with Gasteiger partial charge >= 0.3 is 5.97 Å². The fraction of sp³-hybridized carbons (Fsp3) is 0.700. The van der Waals surface area contributed by atoms with E-state index in [4.69, 9.17) is 4.74 Å². The van der Waals surface area contributed by atoms with Crippen LogP contribution in [0.25, 0.3) is 0 Å². The van der Waals surface area contributed by atoms with E-state index >= 15 is 0 Å². The van der Waals surface area contributed by atoms with E-state index in [0.717, 1.165) is 25.2 Å². The van der Waals surface area contributed by atoms with Crippen molar-refractivity contribution < 1.29 is 9.53 Å². The molecule has 2 heteroatoms. The molecule has 0 spiro atoms. The van der Waals surface area contributed by atoms with Crippen LogP contribution >= 0.6 is 0 Å². The number of carbonyl (C=O) groups is 1. The molecule has 0 aromatic heterocycles. The number of ether oxygens (including phenoxy) is 1. The van der Waals surface area contributed by atoms with Crippen molar-refractivity contribution in [2.24, 2.45) is 17.8 Å². The summed E-state index contributed by atoms with van der Waals surface area (Å²) in [4.78, 5) is 11.2. The van der Waals surface area contributed by atoms with E-state index in [1.165, 1.54) is 0 Å². The third-order valence-electron chi connectivity index (χ3n) is 3.06. The summed E-state index contributed by atoms with van der Waals surface area (Å²) in [7, 11) is 0. The van der Waals surface area contributed by atoms with Crippen LogP contribution in [0.4, 0.5) is 0 Å². The lowest BCUT2D eigenvalue weighted by Gasteiger charge is -2.25. The fourth-order valence-corrected chi connectivity index (χ4v) is 2.30. The summed E-state index contributed by atoms with van der Waals surface area (Å²) >= 11 is 0. The van der Waals surface area contributed by atoms with Gasteiger partial charge in [0.15, 0.2) is 0 Å². The highest BCUT2D eigenvalue weighted by atomic mass is 16.5. The molecule has 1 saturated heterocycles. The maximum Gasteiger partial charge on any atom is 0.314 e. The molecule has 0 aromatic rings. The Kier molecular flexibility index (Phi) is 1.71. The zero-order chi connectivity index (χ0) is 8.72. The monoisotopic (exact) mass is 166 g/mol. The summed E-state index contributed by atoms with van der Waals surface area (Å²) in [5.41, 5.74) is 0. The van der Waals surface area contributed by atoms with Crippen molar-refractivity contribution >= 4 is 5.97 Å². The van der Waals surface area contributed by atoms with E-state index in [-0.39, 0.29) is 11.9 Å². The second-order valence-electron chi connectivity index (χ2n) is 4.02. The molecule has 1 saturated carbocycles. The molecular formula is C10H14O2. The van der Waals surface area contributed by atoms with Crippen LogP contribution < -0.4 is 0 Å². The summed E-state index contributed by atoms with van der Waals surface area (Å²) in [6.07, 6.45) is 3.22. The van der Waals surface area contributed by atoms with Crippen molar-refractivity contribution in [3.63, 3.8) is 0 Å². The summed E-state index contributed by atoms with van der Waals surface area (Å²) in [5, 5.41) is 0. The maximum atomic E-state index is 11.2. The Morgan fingerprint density at radius 2 is 2.17 bits per heavy atom. The van der Waals surface area contributed by atoms with Crippen LogP contribution in [-0.4, -0.2) is 5.97 Å². The number of hydrogen-bond acceptors (Lipinski definition) is 2. The number of carbonyl (C=O) groups excluding carboxylic acids is 1. The lowest BCUT2D eigenvalue weighted by molar-refractivity contribution is -0.139. The van der Waals surface area contributed by atoms with Crippen molar-refractivity contribution in [3.8, 4) is 0 Å². The van der Waals surface area contributed by atoms with Gasteiger partial charge in [-0.3, -0.25) is 4.79 Å². The predicted octanol–water partition coefficient (Wildman–Crippen LogP) is 2.11. The van der Waals surface area contributed by atoms with E-state index in [2.05, 4.69) is 13.5 Å². The molecule has 2 nitrogen and oxygen atoms in total. The molecule has 0 amide bonds. The first kappa shape index (κ1) is 7.84. The van der Waals surface area contributed by atoms with Gasteiger partial charge < -0.3 is 4.74 Å². The van der Waals surface area contributed by atoms with Crippen LogP contribution in [0.2, 0.25) is 0 Å². The van der Waals surface area contributed by atoms with Gasteiger partial charge in [0.05, 0.1) is 5.92 Å². The molecule has 3 atom stereocenters. The van der Waals surface area contributed by atoms with Gasteiger partial charge in [-0.15, -0.1) is 0 Å². The molecule has 1 aliphatic heterocycles. The number of hydrogen-bond donors (Lipinski definition) is 0. The molecule has 0 N–H and O–H groups in total. The first-order chi connectivity index (χ1) is 5.68. The maximum absolute atomic E-state index is 11.2. The van der Waals surface area contributed by atoms with Gasteiger partial charge in [0.25, 0.3) is 0 Å². The van der Waals surface area contributed by atoms with Gasteiger partial charge in [0.2, 0.25) is 0 Å². The second-order valence-corrected chi connectivity index (χ2v) is 4.02. The summed E-state index contributed by atoms with van der Waals surface area (Å²) in [6.45, 7) is 6.01. The summed E-state index contributed by atoms with van der Waals surface area (Å²) < 4.78 is 5.02. The molecule has 2 fully saturated rings. The standard InChI is InChI=1S/C10H14O2/c1-6-3-4-8-9(5-6)7(2)12-10(8)11/h6,8-9H,2-5H2,1H3. The zero-order valence-corrected chi connectivity index (χ0v) is 7.38. The Morgan fingerprint density at radius 1 is 1.42 bits per heavy atom. The summed E-state index contributed by atoms with van der Waals surface area (Å²) in [5.74, 6) is 1.83. The van der Waals surface area contributed by atoms with Crippen LogP contribution in [-0.2, 0) is 9.53 Å². The molecule has 12 heavy (non-hydrogen) atoms. The third-order valence-corrected chi connectivity index (χ3v) is 3.06. The molecular weight excluding hydrogens is 152 g/mol. The Bertz CT molecular complexity index is 232. The van der Waals surface area contributed by atoms with E-state index in [0.29, 0.717) is 11.7 Å². The number of fused-ring (bicyclic) bond motifs is 1. The van der Waals surface area contributed by atoms with Crippen LogP contribution in [0.3, 0.4) is 0 Å². The minimum atomic E-state index is -0.0445. The SMILES string of the molecule is C=C1OC(=O)C2CCC(C)CC12. The molecule has 0 bridgehead atoms. The summed E-state index contributed by atoms with van der Waals surface area (Å²) in [6, 6.07) is 0. The van der Waals surface area contributed by atoms with Crippen LogP contribution in [0.15, 0.2) is 12.3 Å². The largest absolute Gasteiger partial charge is 0.431 e. The first-order valence-electron chi connectivity index (χ1n) is 4.59. The molecule has 1 heterocycles. The molecule has 3 unspecified atom stereocenters. The van der Waals surface area contributed by atoms with Gasteiger partial charge in [-0.2, -0.15) is 0 Å². The highest BCUT2D eigenvalue weighted by Crippen LogP contribution is 2.43. The van der Waals surface area contributed by atoms with Crippen molar-refractivity contribution in [1.29, 1.82) is 0 Å². The normalized spacial score (nSPS) is 40.9. The van der Waals surface area contributed by atoms with Crippen molar-refractivity contribution in [2.45, 2.75) is 26.2 Å². The van der Waals surface area contributed by atoms with Crippen molar-refractivity contribution in [2.75, 3.05) is 0 Å². The van der Waals surface area contributed by atoms with Crippen molar-refractivity contribution in [3.05, 3.63) is 12.3 Å². The number of allylic oxidation sites excluding steroid dienone is 1. The van der Waals surface area contributed by atoms with Gasteiger partial charge in [0, 0.05) is 5.92 Å². The topological polar surface area (TPSA) is 26.3 Å². The lowest BCUT2D eigenvalue weighted by Crippen LogP contribution is -2.23. The Hall–Kier alpha value is -0.790. The van der Waals surface area contributed by atoms with Gasteiger partial charge in [-0.1, -0.05) is 13.5 Å². The number of esters is 1. The average molecular weight is 166 g/mol. The highest BCUT2D eigenvalue weighted by Gasteiger charge is 2.42. The van der Waals surface area contributed by atoms with Crippen LogP contribution in [0.1, 0.15) is 26.2 Å². The average Bonchev–Trinajstić information content (AvgIpc) is 2.28. The van der Waals surface area contributed by atoms with E-state index < -0.39 is 0 Å². The Balaban J connectivity index is 2.17. The fourth-order valence-electron chi connectivity index (χ4n) is 2.30. The molecule has 2 aliphatic rings. The zero-order valence-electron chi connectivity index (χ0n) is 7.38. The molecule has 0 radical (unpaired) electrons. The highest BCUT2D eigenvalue weighted by molar-refractivity contribution is 5.77.